The molecule has 0 aliphatic heterocycles. The molecule has 1 unspecified atom stereocenters. The number of anilines is 1. The Balaban J connectivity index is 1.96. The molecule has 36 heavy (non-hydrogen) atoms. The highest BCUT2D eigenvalue weighted by atomic mass is 79.9. The van der Waals surface area contributed by atoms with Crippen LogP contribution in [0.1, 0.15) is 33.0 Å². The number of benzene rings is 2. The van der Waals surface area contributed by atoms with E-state index in [4.69, 9.17) is 11.6 Å². The average molecular weight is 598 g/mol. The molecule has 0 saturated heterocycles. The molecule has 3 rings (SSSR count). The van der Waals surface area contributed by atoms with E-state index >= 15 is 0 Å². The first kappa shape index (κ1) is 27.4. The lowest BCUT2D eigenvalue weighted by Gasteiger charge is -2.19. The summed E-state index contributed by atoms with van der Waals surface area (Å²) in [7, 11) is 0. The predicted octanol–water partition coefficient (Wildman–Crippen LogP) is 7.32. The molecule has 0 fully saturated rings. The van der Waals surface area contributed by atoms with Gasteiger partial charge in [-0.25, -0.2) is 14.4 Å². The Kier molecular flexibility index (Phi) is 8.24. The number of nitrogens with zero attached hydrogens (tertiary/aromatic N) is 2. The van der Waals surface area contributed by atoms with Crippen LogP contribution < -0.4 is 10.9 Å². The van der Waals surface area contributed by atoms with Crippen molar-refractivity contribution in [2.75, 3.05) is 5.43 Å². The third kappa shape index (κ3) is 6.72. The third-order valence-corrected chi connectivity index (χ3v) is 5.88. The molecule has 14 heteroatoms. The number of hydrazine groups is 1. The van der Waals surface area contributed by atoms with Crippen LogP contribution in [-0.2, 0) is 6.18 Å². The third-order valence-electron chi connectivity index (χ3n) is 4.67. The molecule has 0 aliphatic carbocycles. The lowest BCUT2D eigenvalue weighted by molar-refractivity contribution is -0.140. The summed E-state index contributed by atoms with van der Waals surface area (Å²) in [5.74, 6) is -5.43. The second-order valence-corrected chi connectivity index (χ2v) is 8.38. The number of amides is 1. The van der Waals surface area contributed by atoms with Crippen molar-refractivity contribution in [3.05, 3.63) is 92.7 Å². The van der Waals surface area contributed by atoms with E-state index in [1.165, 1.54) is 18.5 Å². The molecule has 1 amide bonds. The van der Waals surface area contributed by atoms with Crippen LogP contribution in [0.2, 0.25) is 5.02 Å². The zero-order chi connectivity index (χ0) is 26.7. The van der Waals surface area contributed by atoms with Gasteiger partial charge in [-0.2, -0.15) is 26.3 Å². The molecule has 1 atom stereocenters. The van der Waals surface area contributed by atoms with Gasteiger partial charge in [-0.05, 0) is 57.9 Å². The van der Waals surface area contributed by atoms with Crippen molar-refractivity contribution in [1.82, 2.24) is 15.4 Å². The van der Waals surface area contributed by atoms with Crippen LogP contribution in [0.5, 0.6) is 0 Å². The number of allylic oxidation sites excluding steroid dienone is 1. The molecule has 5 nitrogen and oxygen atoms in total. The zero-order valence-electron chi connectivity index (χ0n) is 17.6. The molecule has 0 bridgehead atoms. The Labute approximate surface area is 212 Å². The second-order valence-electron chi connectivity index (χ2n) is 7.12. The summed E-state index contributed by atoms with van der Waals surface area (Å²) in [6.45, 7) is 0. The van der Waals surface area contributed by atoms with E-state index in [1.807, 2.05) is 5.43 Å². The first-order valence-corrected chi connectivity index (χ1v) is 10.9. The van der Waals surface area contributed by atoms with E-state index in [9.17, 15) is 35.5 Å². The monoisotopic (exact) mass is 596 g/mol. The molecule has 3 aromatic rings. The summed E-state index contributed by atoms with van der Waals surface area (Å²) in [6, 6.07) is 6.34. The standard InChI is InChI=1S/C22H13BrClF7N4O/c23-16-9-11(3-5-17(16)24)14(21(26,27)28)10-18(25)12-2-4-13(15(8-12)22(29,30)31)19(36)34-35-20-32-6-1-7-33-20/h1-10,14H,(H,34,36)(H,32,33,35)/b18-10-. The summed E-state index contributed by atoms with van der Waals surface area (Å²) < 4.78 is 96.9. The molecule has 0 aliphatic rings. The molecule has 0 saturated carbocycles. The first-order chi connectivity index (χ1) is 16.8. The van der Waals surface area contributed by atoms with Gasteiger partial charge in [0.05, 0.1) is 16.1 Å². The van der Waals surface area contributed by atoms with E-state index in [0.29, 0.717) is 6.07 Å². The topological polar surface area (TPSA) is 66.9 Å². The quantitative estimate of drug-likeness (QED) is 0.231. The Bertz CT molecular complexity index is 1280. The molecule has 0 radical (unpaired) electrons. The Morgan fingerprint density at radius 2 is 1.69 bits per heavy atom. The summed E-state index contributed by atoms with van der Waals surface area (Å²) in [6.07, 6.45) is -7.33. The Hall–Kier alpha value is -3.19. The van der Waals surface area contributed by atoms with Crippen LogP contribution >= 0.6 is 27.5 Å². The number of carbonyl (C=O) groups excluding carboxylic acids is 1. The average Bonchev–Trinajstić information content (AvgIpc) is 2.81. The van der Waals surface area contributed by atoms with Gasteiger partial charge in [-0.1, -0.05) is 23.7 Å². The maximum Gasteiger partial charge on any atom is 0.417 e. The van der Waals surface area contributed by atoms with Crippen molar-refractivity contribution in [2.45, 2.75) is 18.3 Å². The highest BCUT2D eigenvalue weighted by Gasteiger charge is 2.40. The van der Waals surface area contributed by atoms with E-state index in [0.717, 1.165) is 24.3 Å². The van der Waals surface area contributed by atoms with Crippen molar-refractivity contribution in [1.29, 1.82) is 0 Å². The fraction of sp³-hybridized carbons (Fsp3) is 0.136. The van der Waals surface area contributed by atoms with Crippen LogP contribution in [-0.4, -0.2) is 22.1 Å². The van der Waals surface area contributed by atoms with Gasteiger partial charge in [0, 0.05) is 22.4 Å². The van der Waals surface area contributed by atoms with Gasteiger partial charge in [0.25, 0.3) is 5.91 Å². The minimum Gasteiger partial charge on any atom is -0.267 e. The maximum absolute atomic E-state index is 14.9. The Morgan fingerprint density at radius 1 is 1.03 bits per heavy atom. The SMILES string of the molecule is O=C(NNc1ncccn1)c1ccc(/C(F)=C/C(c2ccc(Cl)c(Br)c2)C(F)(F)F)cc1C(F)(F)F. The van der Waals surface area contributed by atoms with Gasteiger partial charge in [0.2, 0.25) is 5.95 Å². The van der Waals surface area contributed by atoms with E-state index < -0.39 is 52.3 Å². The number of nitrogens with one attached hydrogen (secondary N) is 2. The summed E-state index contributed by atoms with van der Waals surface area (Å²) in [4.78, 5) is 19.8. The summed E-state index contributed by atoms with van der Waals surface area (Å²) in [5, 5.41) is 0.112. The minimum atomic E-state index is -5.13. The van der Waals surface area contributed by atoms with Gasteiger partial charge in [-0.3, -0.25) is 15.6 Å². The maximum atomic E-state index is 14.9. The van der Waals surface area contributed by atoms with Crippen molar-refractivity contribution < 1.29 is 35.5 Å². The van der Waals surface area contributed by atoms with Crippen LogP contribution in [0.15, 0.2) is 65.4 Å². The fourth-order valence-corrected chi connectivity index (χ4v) is 3.51. The summed E-state index contributed by atoms with van der Waals surface area (Å²) in [5.41, 5.74) is 0.524. The number of alkyl halides is 6. The first-order valence-electron chi connectivity index (χ1n) is 9.71. The minimum absolute atomic E-state index is 0.112. The van der Waals surface area contributed by atoms with Gasteiger partial charge < -0.3 is 0 Å². The molecule has 2 N–H and O–H groups in total. The van der Waals surface area contributed by atoms with Crippen LogP contribution in [0.25, 0.3) is 5.83 Å². The molecular formula is C22H13BrClF7N4O. The number of hydrogen-bond acceptors (Lipinski definition) is 4. The van der Waals surface area contributed by atoms with Crippen molar-refractivity contribution >= 4 is 45.2 Å². The Morgan fingerprint density at radius 3 is 2.28 bits per heavy atom. The smallest absolute Gasteiger partial charge is 0.267 e. The predicted molar refractivity (Wildman–Crippen MR) is 122 cm³/mol. The van der Waals surface area contributed by atoms with Gasteiger partial charge >= 0.3 is 12.4 Å². The van der Waals surface area contributed by atoms with Crippen molar-refractivity contribution in [3.63, 3.8) is 0 Å². The highest BCUT2D eigenvalue weighted by molar-refractivity contribution is 9.10. The summed E-state index contributed by atoms with van der Waals surface area (Å²) >= 11 is 8.77. The van der Waals surface area contributed by atoms with E-state index in [1.54, 1.807) is 0 Å². The highest BCUT2D eigenvalue weighted by Crippen LogP contribution is 2.41. The number of hydrogen-bond donors (Lipinski definition) is 2. The van der Waals surface area contributed by atoms with E-state index in [-0.39, 0.29) is 27.6 Å². The van der Waals surface area contributed by atoms with Crippen molar-refractivity contribution in [2.24, 2.45) is 0 Å². The lowest BCUT2D eigenvalue weighted by Crippen LogP contribution is -2.32. The molecule has 0 spiro atoms. The van der Waals surface area contributed by atoms with E-state index in [2.05, 4.69) is 31.3 Å². The largest absolute Gasteiger partial charge is 0.417 e. The fourth-order valence-electron chi connectivity index (χ4n) is 3.00. The molecule has 2 aromatic carbocycles. The normalized spacial score (nSPS) is 13.3. The number of halogens is 9. The van der Waals surface area contributed by atoms with Gasteiger partial charge in [0.15, 0.2) is 0 Å². The zero-order valence-corrected chi connectivity index (χ0v) is 19.9. The van der Waals surface area contributed by atoms with Gasteiger partial charge in [-0.15, -0.1) is 0 Å². The molecular weight excluding hydrogens is 585 g/mol. The number of aromatic nitrogens is 2. The molecule has 1 aromatic heterocycles. The van der Waals surface area contributed by atoms with Crippen LogP contribution in [0.4, 0.5) is 36.7 Å². The lowest BCUT2D eigenvalue weighted by atomic mass is 9.95. The van der Waals surface area contributed by atoms with Gasteiger partial charge in [0.1, 0.15) is 11.7 Å². The molecule has 190 valence electrons. The number of carbonyl (C=O) groups is 1. The molecule has 1 heterocycles. The second kappa shape index (κ2) is 10.8. The van der Waals surface area contributed by atoms with Crippen LogP contribution in [0.3, 0.4) is 0 Å². The van der Waals surface area contributed by atoms with Crippen molar-refractivity contribution in [3.8, 4) is 0 Å². The number of rotatable bonds is 6. The van der Waals surface area contributed by atoms with Crippen LogP contribution in [0, 0.1) is 0 Å².